The van der Waals surface area contributed by atoms with Gasteiger partial charge >= 0.3 is 0 Å². The lowest BCUT2D eigenvalue weighted by atomic mass is 9.86. The van der Waals surface area contributed by atoms with E-state index in [1.807, 2.05) is 4.40 Å². The van der Waals surface area contributed by atoms with Crippen LogP contribution in [0.5, 0.6) is 0 Å². The first-order valence-corrected chi connectivity index (χ1v) is 6.03. The fourth-order valence-corrected chi connectivity index (χ4v) is 2.50. The van der Waals surface area contributed by atoms with E-state index in [1.54, 1.807) is 18.3 Å². The second-order valence-corrected chi connectivity index (χ2v) is 4.88. The highest BCUT2D eigenvalue weighted by atomic mass is 19.3. The molecule has 1 aliphatic carbocycles. The number of nitrogen functional groups attached to an aromatic ring is 1. The van der Waals surface area contributed by atoms with Crippen molar-refractivity contribution in [2.24, 2.45) is 0 Å². The summed E-state index contributed by atoms with van der Waals surface area (Å²) in [6.07, 6.45) is 2.49. The molecule has 6 heteroatoms. The highest BCUT2D eigenvalue weighted by Gasteiger charge is 2.36. The maximum Gasteiger partial charge on any atom is 0.248 e. The van der Waals surface area contributed by atoms with Crippen molar-refractivity contribution in [2.75, 3.05) is 5.73 Å². The minimum absolute atomic E-state index is 0.0430. The molecule has 0 spiro atoms. The van der Waals surface area contributed by atoms with Crippen molar-refractivity contribution in [3.63, 3.8) is 0 Å². The Morgan fingerprint density at radius 2 is 1.94 bits per heavy atom. The molecule has 1 saturated carbocycles. The van der Waals surface area contributed by atoms with E-state index in [0.717, 1.165) is 5.82 Å². The van der Waals surface area contributed by atoms with Gasteiger partial charge in [-0.05, 0) is 25.0 Å². The lowest BCUT2D eigenvalue weighted by Crippen LogP contribution is -2.24. The molecule has 0 aliphatic heterocycles. The SMILES string of the molecule is Nc1ccc2nnc(C3CCC(F)(F)CC3)n2c1. The van der Waals surface area contributed by atoms with E-state index in [0.29, 0.717) is 24.2 Å². The van der Waals surface area contributed by atoms with Crippen LogP contribution in [0.25, 0.3) is 5.65 Å². The average Bonchev–Trinajstić information content (AvgIpc) is 2.72. The average molecular weight is 252 g/mol. The zero-order valence-corrected chi connectivity index (χ0v) is 9.81. The van der Waals surface area contributed by atoms with Crippen molar-refractivity contribution in [1.29, 1.82) is 0 Å². The Bertz CT molecular complexity index is 568. The fraction of sp³-hybridized carbons (Fsp3) is 0.500. The molecule has 2 N–H and O–H groups in total. The zero-order chi connectivity index (χ0) is 12.8. The number of halogens is 2. The molecule has 3 rings (SSSR count). The predicted octanol–water partition coefficient (Wildman–Crippen LogP) is 2.60. The molecule has 4 nitrogen and oxygen atoms in total. The van der Waals surface area contributed by atoms with Crippen LogP contribution in [-0.4, -0.2) is 20.5 Å². The quantitative estimate of drug-likeness (QED) is 0.848. The number of nitrogens with zero attached hydrogens (tertiary/aromatic N) is 3. The molecule has 1 fully saturated rings. The van der Waals surface area contributed by atoms with Crippen LogP contribution < -0.4 is 5.73 Å². The summed E-state index contributed by atoms with van der Waals surface area (Å²) in [5.74, 6) is -1.73. The molecule has 2 aromatic heterocycles. The van der Waals surface area contributed by atoms with Gasteiger partial charge in [-0.15, -0.1) is 10.2 Å². The van der Waals surface area contributed by atoms with Crippen LogP contribution in [0.1, 0.15) is 37.4 Å². The zero-order valence-electron chi connectivity index (χ0n) is 9.81. The summed E-state index contributed by atoms with van der Waals surface area (Å²) in [5.41, 5.74) is 7.05. The van der Waals surface area contributed by atoms with E-state index in [1.165, 1.54) is 0 Å². The van der Waals surface area contributed by atoms with Crippen LogP contribution >= 0.6 is 0 Å². The topological polar surface area (TPSA) is 56.2 Å². The molecule has 2 aromatic rings. The molecule has 96 valence electrons. The standard InChI is InChI=1S/C12H14F2N4/c13-12(14)5-3-8(4-6-12)11-17-16-10-2-1-9(15)7-18(10)11/h1-2,7-8H,3-6,15H2. The first-order valence-electron chi connectivity index (χ1n) is 6.03. The van der Waals surface area contributed by atoms with E-state index >= 15 is 0 Å². The van der Waals surface area contributed by atoms with E-state index < -0.39 is 5.92 Å². The van der Waals surface area contributed by atoms with Gasteiger partial charge in [0.15, 0.2) is 5.65 Å². The van der Waals surface area contributed by atoms with Gasteiger partial charge in [0, 0.05) is 30.6 Å². The molecule has 0 aromatic carbocycles. The van der Waals surface area contributed by atoms with Gasteiger partial charge in [0.1, 0.15) is 5.82 Å². The lowest BCUT2D eigenvalue weighted by Gasteiger charge is -2.27. The number of anilines is 1. The van der Waals surface area contributed by atoms with Crippen molar-refractivity contribution in [3.8, 4) is 0 Å². The van der Waals surface area contributed by atoms with Gasteiger partial charge in [-0.2, -0.15) is 0 Å². The molecule has 1 aliphatic rings. The molecule has 0 unspecified atom stereocenters. The smallest absolute Gasteiger partial charge is 0.248 e. The van der Waals surface area contributed by atoms with Crippen LogP contribution in [0.3, 0.4) is 0 Å². The predicted molar refractivity (Wildman–Crippen MR) is 63.6 cm³/mol. The van der Waals surface area contributed by atoms with E-state index in [4.69, 9.17) is 5.73 Å². The number of pyridine rings is 1. The largest absolute Gasteiger partial charge is 0.398 e. The monoisotopic (exact) mass is 252 g/mol. The van der Waals surface area contributed by atoms with Gasteiger partial charge in [0.2, 0.25) is 5.92 Å². The van der Waals surface area contributed by atoms with E-state index in [-0.39, 0.29) is 18.8 Å². The summed E-state index contributed by atoms with van der Waals surface area (Å²) in [4.78, 5) is 0. The van der Waals surface area contributed by atoms with Crippen LogP contribution in [0, 0.1) is 0 Å². The van der Waals surface area contributed by atoms with Crippen molar-refractivity contribution in [1.82, 2.24) is 14.6 Å². The number of aromatic nitrogens is 3. The number of hydrogen-bond acceptors (Lipinski definition) is 3. The van der Waals surface area contributed by atoms with Crippen molar-refractivity contribution < 1.29 is 8.78 Å². The Kier molecular flexibility index (Phi) is 2.46. The summed E-state index contributed by atoms with van der Waals surface area (Å²) < 4.78 is 28.1. The van der Waals surface area contributed by atoms with Crippen LogP contribution in [0.2, 0.25) is 0 Å². The third kappa shape index (κ3) is 1.91. The molecule has 0 saturated heterocycles. The van der Waals surface area contributed by atoms with E-state index in [2.05, 4.69) is 10.2 Å². The second kappa shape index (κ2) is 3.90. The van der Waals surface area contributed by atoms with Gasteiger partial charge in [-0.1, -0.05) is 0 Å². The Labute approximate surface area is 103 Å². The van der Waals surface area contributed by atoms with Gasteiger partial charge in [0.05, 0.1) is 0 Å². The Morgan fingerprint density at radius 1 is 1.22 bits per heavy atom. The number of nitrogens with two attached hydrogens (primary N) is 1. The van der Waals surface area contributed by atoms with Gasteiger partial charge < -0.3 is 5.73 Å². The van der Waals surface area contributed by atoms with Crippen LogP contribution in [-0.2, 0) is 0 Å². The first-order chi connectivity index (χ1) is 8.55. The van der Waals surface area contributed by atoms with E-state index in [9.17, 15) is 8.78 Å². The van der Waals surface area contributed by atoms with Gasteiger partial charge in [0.25, 0.3) is 0 Å². The number of hydrogen-bond donors (Lipinski definition) is 1. The lowest BCUT2D eigenvalue weighted by molar-refractivity contribution is -0.0388. The highest BCUT2D eigenvalue weighted by molar-refractivity contribution is 5.47. The summed E-state index contributed by atoms with van der Waals surface area (Å²) in [6, 6.07) is 3.53. The molecule has 0 amide bonds. The fourth-order valence-electron chi connectivity index (χ4n) is 2.50. The van der Waals surface area contributed by atoms with Crippen molar-refractivity contribution >= 4 is 11.3 Å². The van der Waals surface area contributed by atoms with Crippen LogP contribution in [0.4, 0.5) is 14.5 Å². The molecular weight excluding hydrogens is 238 g/mol. The molecule has 0 atom stereocenters. The number of alkyl halides is 2. The highest BCUT2D eigenvalue weighted by Crippen LogP contribution is 2.40. The maximum absolute atomic E-state index is 13.1. The Hall–Kier alpha value is -1.72. The minimum Gasteiger partial charge on any atom is -0.398 e. The third-order valence-electron chi connectivity index (χ3n) is 3.53. The van der Waals surface area contributed by atoms with Gasteiger partial charge in [-0.25, -0.2) is 8.78 Å². The maximum atomic E-state index is 13.1. The summed E-state index contributed by atoms with van der Waals surface area (Å²) in [5, 5.41) is 8.16. The molecule has 0 radical (unpaired) electrons. The molecule has 18 heavy (non-hydrogen) atoms. The molecular formula is C12H14F2N4. The summed E-state index contributed by atoms with van der Waals surface area (Å²) >= 11 is 0. The summed E-state index contributed by atoms with van der Waals surface area (Å²) in [6.45, 7) is 0. The van der Waals surface area contributed by atoms with Gasteiger partial charge in [-0.3, -0.25) is 4.40 Å². The third-order valence-corrected chi connectivity index (χ3v) is 3.53. The first kappa shape index (κ1) is 11.4. The molecule has 0 bridgehead atoms. The van der Waals surface area contributed by atoms with Crippen molar-refractivity contribution in [2.45, 2.75) is 37.5 Å². The summed E-state index contributed by atoms with van der Waals surface area (Å²) in [7, 11) is 0. The Balaban J connectivity index is 1.93. The Morgan fingerprint density at radius 3 is 2.67 bits per heavy atom. The number of fused-ring (bicyclic) bond motifs is 1. The number of rotatable bonds is 1. The molecule has 2 heterocycles. The van der Waals surface area contributed by atoms with Crippen molar-refractivity contribution in [3.05, 3.63) is 24.2 Å². The minimum atomic E-state index is -2.52. The normalized spacial score (nSPS) is 20.3. The second-order valence-electron chi connectivity index (χ2n) is 4.88. The van der Waals surface area contributed by atoms with Crippen LogP contribution in [0.15, 0.2) is 18.3 Å².